The third-order valence-corrected chi connectivity index (χ3v) is 2.92. The molecule has 0 radical (unpaired) electrons. The fraction of sp³-hybridized carbons (Fsp3) is 0.333. The van der Waals surface area contributed by atoms with Gasteiger partial charge in [-0.3, -0.25) is 4.79 Å². The predicted octanol–water partition coefficient (Wildman–Crippen LogP) is 2.51. The fourth-order valence-electron chi connectivity index (χ4n) is 1.16. The standard InChI is InChI=1S/C12H14BrNO4/c1-12(2,18-3)11(17)14-9-5-7(10(15)16)4-8(13)6-9/h4-6H,1-3H3,(H,14,17)(H,15,16). The van der Waals surface area contributed by atoms with Crippen molar-refractivity contribution >= 4 is 33.5 Å². The van der Waals surface area contributed by atoms with Crippen LogP contribution in [0, 0.1) is 0 Å². The number of halogens is 1. The summed E-state index contributed by atoms with van der Waals surface area (Å²) >= 11 is 3.19. The summed E-state index contributed by atoms with van der Waals surface area (Å²) in [5.74, 6) is -1.41. The van der Waals surface area contributed by atoms with Gasteiger partial charge in [-0.15, -0.1) is 0 Å². The van der Waals surface area contributed by atoms with Crippen LogP contribution in [0.1, 0.15) is 24.2 Å². The van der Waals surface area contributed by atoms with Crippen LogP contribution in [0.5, 0.6) is 0 Å². The lowest BCUT2D eigenvalue weighted by molar-refractivity contribution is -0.133. The van der Waals surface area contributed by atoms with Crippen LogP contribution in [0.2, 0.25) is 0 Å². The van der Waals surface area contributed by atoms with Crippen molar-refractivity contribution < 1.29 is 19.4 Å². The average molecular weight is 316 g/mol. The highest BCUT2D eigenvalue weighted by atomic mass is 79.9. The van der Waals surface area contributed by atoms with Gasteiger partial charge in [-0.05, 0) is 32.0 Å². The van der Waals surface area contributed by atoms with Crippen LogP contribution in [0.4, 0.5) is 5.69 Å². The van der Waals surface area contributed by atoms with Crippen molar-refractivity contribution in [2.75, 3.05) is 12.4 Å². The molecule has 0 saturated carbocycles. The Labute approximate surface area is 113 Å². The Morgan fingerprint density at radius 1 is 1.33 bits per heavy atom. The van der Waals surface area contributed by atoms with Crippen molar-refractivity contribution in [2.45, 2.75) is 19.4 Å². The van der Waals surface area contributed by atoms with E-state index in [2.05, 4.69) is 21.2 Å². The number of benzene rings is 1. The van der Waals surface area contributed by atoms with Gasteiger partial charge in [0, 0.05) is 17.3 Å². The summed E-state index contributed by atoms with van der Waals surface area (Å²) in [5, 5.41) is 11.5. The Hall–Kier alpha value is -1.40. The average Bonchev–Trinajstić information content (AvgIpc) is 2.28. The van der Waals surface area contributed by atoms with Crippen LogP contribution in [0.15, 0.2) is 22.7 Å². The van der Waals surface area contributed by atoms with Crippen LogP contribution in [0.3, 0.4) is 0 Å². The van der Waals surface area contributed by atoms with E-state index in [1.54, 1.807) is 19.9 Å². The molecule has 0 heterocycles. The second-order valence-electron chi connectivity index (χ2n) is 4.20. The fourth-order valence-corrected chi connectivity index (χ4v) is 1.65. The number of rotatable bonds is 4. The molecule has 0 aliphatic carbocycles. The van der Waals surface area contributed by atoms with Crippen LogP contribution < -0.4 is 5.32 Å². The highest BCUT2D eigenvalue weighted by molar-refractivity contribution is 9.10. The number of ether oxygens (including phenoxy) is 1. The van der Waals surface area contributed by atoms with Gasteiger partial charge in [0.2, 0.25) is 0 Å². The molecule has 6 heteroatoms. The summed E-state index contributed by atoms with van der Waals surface area (Å²) in [5.41, 5.74) is -0.488. The van der Waals surface area contributed by atoms with Crippen molar-refractivity contribution in [3.8, 4) is 0 Å². The van der Waals surface area contributed by atoms with E-state index in [4.69, 9.17) is 9.84 Å². The molecule has 1 amide bonds. The first kappa shape index (κ1) is 14.7. The third kappa shape index (κ3) is 3.54. The van der Waals surface area contributed by atoms with Gasteiger partial charge in [0.1, 0.15) is 5.60 Å². The van der Waals surface area contributed by atoms with E-state index in [0.717, 1.165) is 0 Å². The van der Waals surface area contributed by atoms with Crippen LogP contribution in [0.25, 0.3) is 0 Å². The first-order valence-corrected chi connectivity index (χ1v) is 5.96. The molecule has 1 aromatic carbocycles. The Morgan fingerprint density at radius 2 is 1.94 bits per heavy atom. The largest absolute Gasteiger partial charge is 0.478 e. The maximum absolute atomic E-state index is 11.9. The zero-order valence-electron chi connectivity index (χ0n) is 10.3. The van der Waals surface area contributed by atoms with Gasteiger partial charge in [-0.25, -0.2) is 4.79 Å². The van der Waals surface area contributed by atoms with Gasteiger partial charge >= 0.3 is 5.97 Å². The molecule has 0 saturated heterocycles. The number of nitrogens with one attached hydrogen (secondary N) is 1. The molecule has 0 spiro atoms. The maximum Gasteiger partial charge on any atom is 0.335 e. The molecule has 1 rings (SSSR count). The molecule has 0 bridgehead atoms. The lowest BCUT2D eigenvalue weighted by atomic mass is 10.1. The number of methoxy groups -OCH3 is 1. The molecule has 0 fully saturated rings. The van der Waals surface area contributed by atoms with Crippen molar-refractivity contribution in [3.63, 3.8) is 0 Å². The number of carboxylic acids is 1. The Morgan fingerprint density at radius 3 is 2.44 bits per heavy atom. The van der Waals surface area contributed by atoms with E-state index in [9.17, 15) is 9.59 Å². The van der Waals surface area contributed by atoms with Crippen molar-refractivity contribution in [1.29, 1.82) is 0 Å². The van der Waals surface area contributed by atoms with E-state index < -0.39 is 11.6 Å². The molecule has 1 aromatic rings. The molecule has 0 aliphatic heterocycles. The minimum atomic E-state index is -1.06. The number of carboxylic acid groups (broad SMARTS) is 1. The minimum Gasteiger partial charge on any atom is -0.478 e. The predicted molar refractivity (Wildman–Crippen MR) is 70.8 cm³/mol. The van der Waals surface area contributed by atoms with E-state index in [0.29, 0.717) is 10.2 Å². The summed E-state index contributed by atoms with van der Waals surface area (Å²) in [6.07, 6.45) is 0. The molecular formula is C12H14BrNO4. The number of aromatic carboxylic acids is 1. The van der Waals surface area contributed by atoms with E-state index in [-0.39, 0.29) is 11.5 Å². The zero-order chi connectivity index (χ0) is 13.9. The number of anilines is 1. The molecule has 5 nitrogen and oxygen atoms in total. The van der Waals surface area contributed by atoms with E-state index >= 15 is 0 Å². The van der Waals surface area contributed by atoms with Gasteiger partial charge in [0.15, 0.2) is 0 Å². The second-order valence-corrected chi connectivity index (χ2v) is 5.12. The van der Waals surface area contributed by atoms with E-state index in [1.807, 2.05) is 0 Å². The maximum atomic E-state index is 11.9. The number of carbonyl (C=O) groups is 2. The lowest BCUT2D eigenvalue weighted by Crippen LogP contribution is -2.38. The van der Waals surface area contributed by atoms with Crippen LogP contribution >= 0.6 is 15.9 Å². The molecule has 2 N–H and O–H groups in total. The molecule has 98 valence electrons. The topological polar surface area (TPSA) is 75.6 Å². The molecule has 0 unspecified atom stereocenters. The Kier molecular flexibility index (Phi) is 4.48. The normalized spacial score (nSPS) is 11.1. The second kappa shape index (κ2) is 5.49. The third-order valence-electron chi connectivity index (χ3n) is 2.46. The smallest absolute Gasteiger partial charge is 0.335 e. The summed E-state index contributed by atoms with van der Waals surface area (Å²) in [6, 6.07) is 4.46. The quantitative estimate of drug-likeness (QED) is 0.895. The molecule has 0 atom stereocenters. The summed E-state index contributed by atoms with van der Waals surface area (Å²) in [6.45, 7) is 3.25. The molecular weight excluding hydrogens is 302 g/mol. The van der Waals surface area contributed by atoms with Crippen molar-refractivity contribution in [2.24, 2.45) is 0 Å². The zero-order valence-corrected chi connectivity index (χ0v) is 11.9. The van der Waals surface area contributed by atoms with Crippen molar-refractivity contribution in [1.82, 2.24) is 0 Å². The Balaban J connectivity index is 2.98. The monoisotopic (exact) mass is 315 g/mol. The van der Waals surface area contributed by atoms with Gasteiger partial charge in [-0.2, -0.15) is 0 Å². The Bertz CT molecular complexity index is 485. The number of carbonyl (C=O) groups excluding carboxylic acids is 1. The highest BCUT2D eigenvalue weighted by Gasteiger charge is 2.27. The van der Waals surface area contributed by atoms with E-state index in [1.165, 1.54) is 19.2 Å². The summed E-state index contributed by atoms with van der Waals surface area (Å²) in [7, 11) is 1.43. The first-order chi connectivity index (χ1) is 8.26. The van der Waals surface area contributed by atoms with Gasteiger partial charge in [-0.1, -0.05) is 15.9 Å². The lowest BCUT2D eigenvalue weighted by Gasteiger charge is -2.21. The molecule has 0 aliphatic rings. The van der Waals surface area contributed by atoms with Crippen LogP contribution in [-0.2, 0) is 9.53 Å². The van der Waals surface area contributed by atoms with Crippen molar-refractivity contribution in [3.05, 3.63) is 28.2 Å². The number of hydrogen-bond acceptors (Lipinski definition) is 3. The molecule has 0 aromatic heterocycles. The number of amides is 1. The number of hydrogen-bond donors (Lipinski definition) is 2. The summed E-state index contributed by atoms with van der Waals surface area (Å²) < 4.78 is 5.62. The highest BCUT2D eigenvalue weighted by Crippen LogP contribution is 2.21. The van der Waals surface area contributed by atoms with Gasteiger partial charge in [0.25, 0.3) is 5.91 Å². The van der Waals surface area contributed by atoms with Crippen LogP contribution in [-0.4, -0.2) is 29.7 Å². The van der Waals surface area contributed by atoms with Gasteiger partial charge < -0.3 is 15.2 Å². The minimum absolute atomic E-state index is 0.0925. The van der Waals surface area contributed by atoms with Gasteiger partial charge in [0.05, 0.1) is 5.56 Å². The summed E-state index contributed by atoms with van der Waals surface area (Å²) in [4.78, 5) is 22.7. The molecule has 18 heavy (non-hydrogen) atoms. The SMILES string of the molecule is COC(C)(C)C(=O)Nc1cc(Br)cc(C(=O)O)c1. The first-order valence-electron chi connectivity index (χ1n) is 5.17.